The van der Waals surface area contributed by atoms with Crippen LogP contribution in [0.5, 0.6) is 0 Å². The highest BCUT2D eigenvalue weighted by atomic mass is 35.5. The van der Waals surface area contributed by atoms with Crippen LogP contribution >= 0.6 is 11.6 Å². The molecule has 1 aliphatic carbocycles. The number of benzene rings is 3. The summed E-state index contributed by atoms with van der Waals surface area (Å²) in [6.07, 6.45) is 1.85. The van der Waals surface area contributed by atoms with Crippen LogP contribution in [0.3, 0.4) is 0 Å². The molecule has 0 aromatic heterocycles. The van der Waals surface area contributed by atoms with E-state index in [2.05, 4.69) is 0 Å². The van der Waals surface area contributed by atoms with Gasteiger partial charge < -0.3 is 5.11 Å². The van der Waals surface area contributed by atoms with Crippen LogP contribution < -0.4 is 4.90 Å². The van der Waals surface area contributed by atoms with E-state index < -0.39 is 5.92 Å². The molecule has 0 saturated heterocycles. The molecule has 0 radical (unpaired) electrons. The fourth-order valence-electron chi connectivity index (χ4n) is 4.83. The third-order valence-electron chi connectivity index (χ3n) is 6.29. The number of hydrogen-bond acceptors (Lipinski definition) is 3. The number of hydrogen-bond donors (Lipinski definition) is 2. The first-order chi connectivity index (χ1) is 16.1. The summed E-state index contributed by atoms with van der Waals surface area (Å²) in [5.41, 5.74) is 3.92. The van der Waals surface area contributed by atoms with Gasteiger partial charge in [-0.05, 0) is 36.6 Å². The highest BCUT2D eigenvalue weighted by Gasteiger charge is 2.43. The molecule has 5 heteroatoms. The molecule has 0 saturated carbocycles. The number of nitrogens with one attached hydrogen (secondary N) is 1. The van der Waals surface area contributed by atoms with E-state index in [9.17, 15) is 15.3 Å². The van der Waals surface area contributed by atoms with E-state index in [-0.39, 0.29) is 17.4 Å². The zero-order chi connectivity index (χ0) is 22.9. The van der Waals surface area contributed by atoms with Gasteiger partial charge in [0.15, 0.2) is 5.78 Å². The van der Waals surface area contributed by atoms with Crippen LogP contribution in [0.4, 0.5) is 5.69 Å². The molecular formula is C28H23ClN2O2. The summed E-state index contributed by atoms with van der Waals surface area (Å²) in [5.74, 6) is -0.445. The van der Waals surface area contributed by atoms with Crippen molar-refractivity contribution in [3.63, 3.8) is 0 Å². The normalized spacial score (nSPS) is 20.0. The molecule has 33 heavy (non-hydrogen) atoms. The Morgan fingerprint density at radius 1 is 0.909 bits per heavy atom. The number of carbonyl (C=O) groups is 1. The van der Waals surface area contributed by atoms with Crippen LogP contribution in [-0.4, -0.2) is 16.7 Å². The highest BCUT2D eigenvalue weighted by molar-refractivity contribution is 6.32. The fourth-order valence-corrected chi connectivity index (χ4v) is 5.07. The van der Waals surface area contributed by atoms with Crippen molar-refractivity contribution in [2.75, 3.05) is 4.90 Å². The lowest BCUT2D eigenvalue weighted by Crippen LogP contribution is -2.42. The zero-order valence-electron chi connectivity index (χ0n) is 18.0. The van der Waals surface area contributed by atoms with Crippen LogP contribution in [0.1, 0.15) is 36.3 Å². The van der Waals surface area contributed by atoms with E-state index in [4.69, 9.17) is 11.6 Å². The molecule has 0 amide bonds. The maximum Gasteiger partial charge on any atom is 0.161 e. The van der Waals surface area contributed by atoms with Crippen molar-refractivity contribution in [3.05, 3.63) is 118 Å². The Morgan fingerprint density at radius 3 is 2.24 bits per heavy atom. The van der Waals surface area contributed by atoms with Crippen molar-refractivity contribution in [2.24, 2.45) is 0 Å². The first-order valence-corrected chi connectivity index (χ1v) is 11.4. The number of carbonyl (C=O) groups excluding carboxylic acids is 1. The molecule has 2 aliphatic rings. The highest BCUT2D eigenvalue weighted by Crippen LogP contribution is 2.49. The lowest BCUT2D eigenvalue weighted by atomic mass is 9.73. The van der Waals surface area contributed by atoms with Crippen LogP contribution in [0.15, 0.2) is 102 Å². The summed E-state index contributed by atoms with van der Waals surface area (Å²) in [6.45, 7) is 0. The SMILES string of the molecule is N=C1/C(=C(/O)c2ccccc2)C(c2ccccc2Cl)C2=C(CCCC2=O)N1c1ccccc1. The van der Waals surface area contributed by atoms with E-state index in [1.807, 2.05) is 71.6 Å². The number of halogens is 1. The van der Waals surface area contributed by atoms with Crippen LogP contribution in [0, 0.1) is 5.41 Å². The van der Waals surface area contributed by atoms with Crippen molar-refractivity contribution in [1.82, 2.24) is 0 Å². The van der Waals surface area contributed by atoms with Gasteiger partial charge in [-0.25, -0.2) is 0 Å². The second-order valence-corrected chi connectivity index (χ2v) is 8.65. The van der Waals surface area contributed by atoms with Gasteiger partial charge in [0.05, 0.1) is 0 Å². The number of nitrogens with zero attached hydrogens (tertiary/aromatic N) is 1. The zero-order valence-corrected chi connectivity index (χ0v) is 18.7. The molecule has 1 atom stereocenters. The Morgan fingerprint density at radius 2 is 1.55 bits per heavy atom. The predicted molar refractivity (Wildman–Crippen MR) is 133 cm³/mol. The molecule has 3 aromatic rings. The number of aliphatic hydroxyl groups is 1. The molecule has 0 spiro atoms. The second-order valence-electron chi connectivity index (χ2n) is 8.24. The van der Waals surface area contributed by atoms with Gasteiger partial charge >= 0.3 is 0 Å². The predicted octanol–water partition coefficient (Wildman–Crippen LogP) is 6.90. The van der Waals surface area contributed by atoms with Gasteiger partial charge in [-0.15, -0.1) is 0 Å². The summed E-state index contributed by atoms with van der Waals surface area (Å²) in [4.78, 5) is 15.2. The molecule has 164 valence electrons. The number of rotatable bonds is 3. The maximum absolute atomic E-state index is 13.4. The number of ketones is 1. The molecule has 0 fully saturated rings. The molecule has 0 bridgehead atoms. The molecule has 3 aromatic carbocycles. The molecule has 2 N–H and O–H groups in total. The first-order valence-electron chi connectivity index (χ1n) is 11.0. The third kappa shape index (κ3) is 3.66. The Balaban J connectivity index is 1.85. The second kappa shape index (κ2) is 8.72. The Kier molecular flexibility index (Phi) is 5.61. The molecule has 1 heterocycles. The number of aliphatic hydroxyl groups excluding tert-OH is 1. The smallest absolute Gasteiger partial charge is 0.161 e. The van der Waals surface area contributed by atoms with Gasteiger partial charge in [-0.1, -0.05) is 78.3 Å². The molecule has 5 rings (SSSR count). The van der Waals surface area contributed by atoms with Gasteiger partial charge in [-0.2, -0.15) is 0 Å². The lowest BCUT2D eigenvalue weighted by molar-refractivity contribution is -0.116. The minimum atomic E-state index is -0.617. The largest absolute Gasteiger partial charge is 0.507 e. The summed E-state index contributed by atoms with van der Waals surface area (Å²) < 4.78 is 0. The lowest BCUT2D eigenvalue weighted by Gasteiger charge is -2.42. The number of para-hydroxylation sites is 1. The number of amidine groups is 1. The van der Waals surface area contributed by atoms with E-state index in [1.165, 1.54) is 0 Å². The first kappa shape index (κ1) is 21.2. The molecule has 1 unspecified atom stereocenters. The molecule has 4 nitrogen and oxygen atoms in total. The van der Waals surface area contributed by atoms with Crippen molar-refractivity contribution in [3.8, 4) is 0 Å². The maximum atomic E-state index is 13.4. The monoisotopic (exact) mass is 454 g/mol. The van der Waals surface area contributed by atoms with Gasteiger partial charge in [0.2, 0.25) is 0 Å². The quantitative estimate of drug-likeness (QED) is 0.423. The third-order valence-corrected chi connectivity index (χ3v) is 6.63. The van der Waals surface area contributed by atoms with Gasteiger partial charge in [0, 0.05) is 45.5 Å². The Hall–Kier alpha value is -3.63. The Labute approximate surface area is 198 Å². The van der Waals surface area contributed by atoms with Gasteiger partial charge in [0.25, 0.3) is 0 Å². The molecular weight excluding hydrogens is 432 g/mol. The van der Waals surface area contributed by atoms with Crippen molar-refractivity contribution in [1.29, 1.82) is 5.41 Å². The number of Topliss-reactive ketones (excluding diaryl/α,β-unsaturated/α-hetero) is 1. The minimum absolute atomic E-state index is 0.0172. The topological polar surface area (TPSA) is 64.4 Å². The van der Waals surface area contributed by atoms with Crippen LogP contribution in [0.2, 0.25) is 5.02 Å². The summed E-state index contributed by atoms with van der Waals surface area (Å²) in [6, 6.07) is 26.1. The van der Waals surface area contributed by atoms with Crippen molar-refractivity contribution < 1.29 is 9.90 Å². The Bertz CT molecular complexity index is 1300. The number of anilines is 1. The van der Waals surface area contributed by atoms with E-state index in [0.717, 1.165) is 23.4 Å². The van der Waals surface area contributed by atoms with Gasteiger partial charge in [-0.3, -0.25) is 15.1 Å². The van der Waals surface area contributed by atoms with E-state index >= 15 is 0 Å². The van der Waals surface area contributed by atoms with Crippen LogP contribution in [0.25, 0.3) is 5.76 Å². The minimum Gasteiger partial charge on any atom is -0.507 e. The van der Waals surface area contributed by atoms with Crippen molar-refractivity contribution in [2.45, 2.75) is 25.2 Å². The van der Waals surface area contributed by atoms with E-state index in [0.29, 0.717) is 34.6 Å². The average Bonchev–Trinajstić information content (AvgIpc) is 2.85. The summed E-state index contributed by atoms with van der Waals surface area (Å²) in [5, 5.41) is 21.3. The molecule has 1 aliphatic heterocycles. The van der Waals surface area contributed by atoms with E-state index in [1.54, 1.807) is 18.2 Å². The fraction of sp³-hybridized carbons (Fsp3) is 0.143. The van der Waals surface area contributed by atoms with Crippen LogP contribution in [-0.2, 0) is 4.79 Å². The number of allylic oxidation sites excluding steroid dienone is 2. The average molecular weight is 455 g/mol. The summed E-state index contributed by atoms with van der Waals surface area (Å²) in [7, 11) is 0. The van der Waals surface area contributed by atoms with Crippen molar-refractivity contribution >= 4 is 34.7 Å². The standard InChI is InChI=1S/C28H23ClN2O2/c29-21-15-8-7-14-20(21)24-25-22(16-9-17-23(25)32)31(19-12-5-2-6-13-19)28(30)26(24)27(33)18-10-3-1-4-11-18/h1-8,10-15,24,30,33H,9,16-17H2/b27-26+,30-28?. The van der Waals surface area contributed by atoms with Gasteiger partial charge in [0.1, 0.15) is 11.6 Å². The summed E-state index contributed by atoms with van der Waals surface area (Å²) >= 11 is 6.63.